The van der Waals surface area contributed by atoms with E-state index in [-0.39, 0.29) is 18.2 Å². The molecule has 0 saturated carbocycles. The Bertz CT molecular complexity index is 555. The number of hydrogen-bond donors (Lipinski definition) is 3. The lowest BCUT2D eigenvalue weighted by atomic mass is 10.1. The van der Waals surface area contributed by atoms with Crippen LogP contribution >= 0.6 is 0 Å². The summed E-state index contributed by atoms with van der Waals surface area (Å²) in [4.78, 5) is 11.9. The molecule has 0 saturated heterocycles. The van der Waals surface area contributed by atoms with Crippen molar-refractivity contribution in [1.82, 2.24) is 10.0 Å². The van der Waals surface area contributed by atoms with Crippen molar-refractivity contribution in [3.8, 4) is 0 Å². The third kappa shape index (κ3) is 4.53. The molecule has 0 aliphatic carbocycles. The molecule has 0 heterocycles. The summed E-state index contributed by atoms with van der Waals surface area (Å²) in [7, 11) is -0.223. The molecule has 1 aromatic rings. The van der Waals surface area contributed by atoms with Crippen LogP contribution in [0.2, 0.25) is 0 Å². The summed E-state index contributed by atoms with van der Waals surface area (Å²) in [5, 5.41) is 5.53. The van der Waals surface area contributed by atoms with Crippen LogP contribution in [0.1, 0.15) is 15.9 Å². The number of nitrogens with one attached hydrogen (secondary N) is 3. The summed E-state index contributed by atoms with van der Waals surface area (Å²) < 4.78 is 24.6. The van der Waals surface area contributed by atoms with Crippen LogP contribution in [0.3, 0.4) is 0 Å². The Morgan fingerprint density at radius 2 is 1.95 bits per heavy atom. The molecular weight excluding hydrogens is 266 g/mol. The summed E-state index contributed by atoms with van der Waals surface area (Å²) >= 11 is 0. The molecule has 6 nitrogen and oxygen atoms in total. The van der Waals surface area contributed by atoms with Gasteiger partial charge in [-0.25, -0.2) is 13.1 Å². The highest BCUT2D eigenvalue weighted by atomic mass is 32.2. The van der Waals surface area contributed by atoms with Crippen LogP contribution in [0.15, 0.2) is 18.2 Å². The molecule has 0 aliphatic heterocycles. The smallest absolute Gasteiger partial charge is 0.253 e. The van der Waals surface area contributed by atoms with E-state index in [1.54, 1.807) is 13.1 Å². The minimum absolute atomic E-state index is 0.0685. The number of carbonyl (C=O) groups excluding carboxylic acids is 1. The molecule has 0 bridgehead atoms. The number of sulfonamides is 1. The van der Waals surface area contributed by atoms with Crippen LogP contribution in [-0.2, 0) is 10.0 Å². The summed E-state index contributed by atoms with van der Waals surface area (Å²) in [6, 6.07) is 5.41. The van der Waals surface area contributed by atoms with Gasteiger partial charge in [-0.3, -0.25) is 4.79 Å². The fraction of sp³-hybridized carbons (Fsp3) is 0.417. The molecule has 0 aliphatic rings. The Labute approximate surface area is 113 Å². The third-order valence-electron chi connectivity index (χ3n) is 2.66. The minimum atomic E-state index is -3.30. The van der Waals surface area contributed by atoms with Gasteiger partial charge in [0.15, 0.2) is 0 Å². The molecule has 0 spiro atoms. The number of hydrogen-bond acceptors (Lipinski definition) is 4. The van der Waals surface area contributed by atoms with E-state index < -0.39 is 10.0 Å². The van der Waals surface area contributed by atoms with Gasteiger partial charge in [0, 0.05) is 19.3 Å². The van der Waals surface area contributed by atoms with Gasteiger partial charge in [0.1, 0.15) is 0 Å². The van der Waals surface area contributed by atoms with Crippen LogP contribution < -0.4 is 15.4 Å². The van der Waals surface area contributed by atoms with Gasteiger partial charge in [0.2, 0.25) is 10.0 Å². The molecule has 0 aromatic heterocycles. The van der Waals surface area contributed by atoms with Crippen molar-refractivity contribution in [3.05, 3.63) is 29.3 Å². The topological polar surface area (TPSA) is 87.3 Å². The highest BCUT2D eigenvalue weighted by molar-refractivity contribution is 7.89. The van der Waals surface area contributed by atoms with Gasteiger partial charge >= 0.3 is 0 Å². The number of anilines is 1. The summed E-state index contributed by atoms with van der Waals surface area (Å²) in [6.45, 7) is 2.00. The maximum atomic E-state index is 11.9. The van der Waals surface area contributed by atoms with Crippen molar-refractivity contribution in [3.63, 3.8) is 0 Å². The molecule has 1 amide bonds. The number of rotatable bonds is 6. The van der Waals surface area contributed by atoms with E-state index in [9.17, 15) is 13.2 Å². The third-order valence-corrected chi connectivity index (χ3v) is 4.02. The van der Waals surface area contributed by atoms with E-state index in [1.165, 1.54) is 7.05 Å². The van der Waals surface area contributed by atoms with Gasteiger partial charge in [0.05, 0.1) is 11.3 Å². The zero-order chi connectivity index (χ0) is 14.5. The van der Waals surface area contributed by atoms with Crippen molar-refractivity contribution in [2.45, 2.75) is 6.92 Å². The molecule has 0 fully saturated rings. The van der Waals surface area contributed by atoms with Gasteiger partial charge in [-0.1, -0.05) is 6.07 Å². The zero-order valence-corrected chi connectivity index (χ0v) is 12.1. The standard InChI is InChI=1S/C12H19N3O3S/c1-9-4-5-10(11(8-9)13-2)12(16)15-6-7-19(17,18)14-3/h4-5,8,13-14H,6-7H2,1-3H3,(H,15,16). The maximum absolute atomic E-state index is 11.9. The fourth-order valence-electron chi connectivity index (χ4n) is 1.56. The van der Waals surface area contributed by atoms with Crippen LogP contribution in [0.5, 0.6) is 0 Å². The van der Waals surface area contributed by atoms with Crippen LogP contribution in [0.25, 0.3) is 0 Å². The lowest BCUT2D eigenvalue weighted by molar-refractivity contribution is 0.0957. The molecule has 1 rings (SSSR count). The molecule has 3 N–H and O–H groups in total. The summed E-state index contributed by atoms with van der Waals surface area (Å²) in [5.74, 6) is -0.439. The van der Waals surface area contributed by atoms with Crippen LogP contribution in [0, 0.1) is 6.92 Å². The normalized spacial score (nSPS) is 11.1. The average Bonchev–Trinajstić information content (AvgIpc) is 2.38. The highest BCUT2D eigenvalue weighted by Gasteiger charge is 2.12. The van der Waals surface area contributed by atoms with Gasteiger partial charge < -0.3 is 10.6 Å². The van der Waals surface area contributed by atoms with Crippen LogP contribution in [-0.4, -0.2) is 40.7 Å². The zero-order valence-electron chi connectivity index (χ0n) is 11.3. The molecule has 106 valence electrons. The predicted octanol–water partition coefficient (Wildman–Crippen LogP) is 0.316. The number of carbonyl (C=O) groups is 1. The Hall–Kier alpha value is -1.60. The van der Waals surface area contributed by atoms with E-state index in [2.05, 4.69) is 15.4 Å². The molecule has 0 radical (unpaired) electrons. The highest BCUT2D eigenvalue weighted by Crippen LogP contribution is 2.16. The molecular formula is C12H19N3O3S. The average molecular weight is 285 g/mol. The Kier molecular flexibility index (Phi) is 5.31. The van der Waals surface area contributed by atoms with E-state index in [0.29, 0.717) is 11.3 Å². The Morgan fingerprint density at radius 3 is 2.53 bits per heavy atom. The summed E-state index contributed by atoms with van der Waals surface area (Å²) in [6.07, 6.45) is 0. The molecule has 0 atom stereocenters. The second-order valence-corrected chi connectivity index (χ2v) is 6.12. The quantitative estimate of drug-likeness (QED) is 0.702. The molecule has 7 heteroatoms. The fourth-order valence-corrected chi connectivity index (χ4v) is 2.13. The van der Waals surface area contributed by atoms with Crippen molar-refractivity contribution >= 4 is 21.6 Å². The van der Waals surface area contributed by atoms with Crippen molar-refractivity contribution in [1.29, 1.82) is 0 Å². The van der Waals surface area contributed by atoms with E-state index >= 15 is 0 Å². The first-order valence-electron chi connectivity index (χ1n) is 5.87. The van der Waals surface area contributed by atoms with Crippen LogP contribution in [0.4, 0.5) is 5.69 Å². The number of amides is 1. The van der Waals surface area contributed by atoms with Crippen molar-refractivity contribution < 1.29 is 13.2 Å². The van der Waals surface area contributed by atoms with E-state index in [0.717, 1.165) is 5.56 Å². The summed E-state index contributed by atoms with van der Waals surface area (Å²) in [5.41, 5.74) is 2.25. The van der Waals surface area contributed by atoms with E-state index in [4.69, 9.17) is 0 Å². The van der Waals surface area contributed by atoms with Gasteiger partial charge in [-0.15, -0.1) is 0 Å². The Balaban J connectivity index is 2.69. The van der Waals surface area contributed by atoms with Crippen molar-refractivity contribution in [2.75, 3.05) is 31.7 Å². The number of aryl methyl sites for hydroxylation is 1. The Morgan fingerprint density at radius 1 is 1.26 bits per heavy atom. The lowest BCUT2D eigenvalue weighted by Crippen LogP contribution is -2.33. The van der Waals surface area contributed by atoms with Gasteiger partial charge in [-0.2, -0.15) is 0 Å². The SMILES string of the molecule is CNc1cc(C)ccc1C(=O)NCCS(=O)(=O)NC. The van der Waals surface area contributed by atoms with Gasteiger partial charge in [0.25, 0.3) is 5.91 Å². The van der Waals surface area contributed by atoms with Crippen molar-refractivity contribution in [2.24, 2.45) is 0 Å². The molecule has 0 unspecified atom stereocenters. The predicted molar refractivity (Wildman–Crippen MR) is 75.9 cm³/mol. The largest absolute Gasteiger partial charge is 0.387 e. The van der Waals surface area contributed by atoms with E-state index in [1.807, 2.05) is 19.1 Å². The second kappa shape index (κ2) is 6.53. The number of benzene rings is 1. The first kappa shape index (κ1) is 15.5. The molecule has 1 aromatic carbocycles. The maximum Gasteiger partial charge on any atom is 0.253 e. The molecule has 19 heavy (non-hydrogen) atoms. The minimum Gasteiger partial charge on any atom is -0.387 e. The second-order valence-electron chi connectivity index (χ2n) is 4.08. The first-order valence-corrected chi connectivity index (χ1v) is 7.52. The van der Waals surface area contributed by atoms with Gasteiger partial charge in [-0.05, 0) is 31.7 Å². The monoisotopic (exact) mass is 285 g/mol. The lowest BCUT2D eigenvalue weighted by Gasteiger charge is -2.10. The first-order chi connectivity index (χ1) is 8.89.